The van der Waals surface area contributed by atoms with Gasteiger partial charge < -0.3 is 9.13 Å². The highest BCUT2D eigenvalue weighted by molar-refractivity contribution is 5.99. The highest BCUT2D eigenvalue weighted by Crippen LogP contribution is 2.14. The maximum Gasteiger partial charge on any atom is 0.178 e. The van der Waals surface area contributed by atoms with Crippen LogP contribution in [0, 0.1) is 0 Å². The van der Waals surface area contributed by atoms with E-state index in [0.717, 1.165) is 24.5 Å². The van der Waals surface area contributed by atoms with Crippen molar-refractivity contribution in [3.8, 4) is 0 Å². The first-order valence-corrected chi connectivity index (χ1v) is 9.85. The highest BCUT2D eigenvalue weighted by atomic mass is 16.1. The first-order chi connectivity index (χ1) is 13.6. The van der Waals surface area contributed by atoms with Crippen molar-refractivity contribution in [1.82, 2.24) is 19.1 Å². The lowest BCUT2D eigenvalue weighted by molar-refractivity contribution is -0.110. The maximum atomic E-state index is 11.9. The molecule has 2 aromatic heterocycles. The number of rotatable bonds is 10. The van der Waals surface area contributed by atoms with Crippen molar-refractivity contribution in [2.24, 2.45) is 0 Å². The van der Waals surface area contributed by atoms with E-state index in [2.05, 4.69) is 46.8 Å². The molecular formula is C23H30N4O. The first kappa shape index (κ1) is 21.4. The Balaban J connectivity index is 1.88. The fraction of sp³-hybridized carbons (Fsp3) is 0.348. The smallest absolute Gasteiger partial charge is 0.178 e. The number of imidazole rings is 2. The van der Waals surface area contributed by atoms with Crippen LogP contribution in [0.5, 0.6) is 0 Å². The van der Waals surface area contributed by atoms with Crippen molar-refractivity contribution in [2.45, 2.75) is 52.6 Å². The summed E-state index contributed by atoms with van der Waals surface area (Å²) in [7, 11) is 0. The van der Waals surface area contributed by atoms with Crippen molar-refractivity contribution in [3.63, 3.8) is 0 Å². The third kappa shape index (κ3) is 6.05. The van der Waals surface area contributed by atoms with Gasteiger partial charge in [0, 0.05) is 36.9 Å². The Morgan fingerprint density at radius 3 is 1.68 bits per heavy atom. The van der Waals surface area contributed by atoms with Crippen LogP contribution in [0.3, 0.4) is 0 Å². The SMILES string of the molecule is CCC(C)n1ccnc1/C=C/C=C/C(=O)/C=C/C=C/c1nccn1C(C)CC. The molecule has 0 spiro atoms. The minimum Gasteiger partial charge on any atom is -0.329 e. The number of hydrogen-bond acceptors (Lipinski definition) is 3. The summed E-state index contributed by atoms with van der Waals surface area (Å²) < 4.78 is 4.25. The molecule has 148 valence electrons. The molecule has 0 N–H and O–H groups in total. The van der Waals surface area contributed by atoms with Crippen LogP contribution in [0.25, 0.3) is 12.2 Å². The van der Waals surface area contributed by atoms with Gasteiger partial charge in [-0.2, -0.15) is 0 Å². The van der Waals surface area contributed by atoms with Gasteiger partial charge in [0.2, 0.25) is 0 Å². The summed E-state index contributed by atoms with van der Waals surface area (Å²) in [5, 5.41) is 0. The molecule has 0 aliphatic rings. The number of carbonyl (C=O) groups excluding carboxylic acids is 1. The Kier molecular flexibility index (Phi) is 8.40. The molecule has 0 radical (unpaired) electrons. The van der Waals surface area contributed by atoms with Gasteiger partial charge in [-0.05, 0) is 51.0 Å². The normalized spacial score (nSPS) is 14.7. The van der Waals surface area contributed by atoms with Crippen LogP contribution in [0.1, 0.15) is 64.3 Å². The molecule has 2 rings (SSSR count). The minimum absolute atomic E-state index is 0.0650. The Labute approximate surface area is 167 Å². The summed E-state index contributed by atoms with van der Waals surface area (Å²) in [6.07, 6.45) is 23.7. The molecule has 0 fully saturated rings. The summed E-state index contributed by atoms with van der Waals surface area (Å²) >= 11 is 0. The minimum atomic E-state index is -0.0650. The van der Waals surface area contributed by atoms with Crippen LogP contribution in [0.15, 0.2) is 61.2 Å². The number of aromatic nitrogens is 4. The van der Waals surface area contributed by atoms with Crippen molar-refractivity contribution in [3.05, 3.63) is 72.9 Å². The van der Waals surface area contributed by atoms with Gasteiger partial charge in [0.05, 0.1) is 0 Å². The Bertz CT molecular complexity index is 797. The maximum absolute atomic E-state index is 11.9. The van der Waals surface area contributed by atoms with Gasteiger partial charge in [-0.3, -0.25) is 4.79 Å². The molecule has 0 aromatic carbocycles. The van der Waals surface area contributed by atoms with E-state index in [1.807, 2.05) is 36.7 Å². The van der Waals surface area contributed by atoms with Crippen LogP contribution in [-0.2, 0) is 4.79 Å². The van der Waals surface area contributed by atoms with Gasteiger partial charge in [-0.1, -0.05) is 38.2 Å². The van der Waals surface area contributed by atoms with Gasteiger partial charge in [-0.25, -0.2) is 9.97 Å². The van der Waals surface area contributed by atoms with Gasteiger partial charge in [-0.15, -0.1) is 0 Å². The van der Waals surface area contributed by atoms with Crippen LogP contribution in [-0.4, -0.2) is 24.9 Å². The summed E-state index contributed by atoms with van der Waals surface area (Å²) in [6, 6.07) is 0.803. The number of hydrogen-bond donors (Lipinski definition) is 0. The van der Waals surface area contributed by atoms with E-state index in [9.17, 15) is 4.79 Å². The van der Waals surface area contributed by atoms with Crippen molar-refractivity contribution >= 4 is 17.9 Å². The fourth-order valence-corrected chi connectivity index (χ4v) is 2.69. The van der Waals surface area contributed by atoms with E-state index in [4.69, 9.17) is 0 Å². The second kappa shape index (κ2) is 11.0. The van der Waals surface area contributed by atoms with E-state index < -0.39 is 0 Å². The lowest BCUT2D eigenvalue weighted by Gasteiger charge is -2.11. The zero-order chi connectivity index (χ0) is 20.4. The second-order valence-electron chi connectivity index (χ2n) is 6.74. The third-order valence-electron chi connectivity index (χ3n) is 4.76. The van der Waals surface area contributed by atoms with Crippen LogP contribution in [0.4, 0.5) is 0 Å². The molecule has 2 unspecified atom stereocenters. The highest BCUT2D eigenvalue weighted by Gasteiger charge is 2.05. The van der Waals surface area contributed by atoms with E-state index in [1.165, 1.54) is 12.2 Å². The third-order valence-corrected chi connectivity index (χ3v) is 4.76. The molecule has 0 saturated heterocycles. The molecule has 5 nitrogen and oxygen atoms in total. The van der Waals surface area contributed by atoms with Gasteiger partial charge in [0.25, 0.3) is 0 Å². The topological polar surface area (TPSA) is 52.7 Å². The molecule has 2 heterocycles. The quantitative estimate of drug-likeness (QED) is 0.409. The largest absolute Gasteiger partial charge is 0.329 e. The van der Waals surface area contributed by atoms with Crippen LogP contribution >= 0.6 is 0 Å². The van der Waals surface area contributed by atoms with Crippen LogP contribution in [0.2, 0.25) is 0 Å². The molecular weight excluding hydrogens is 348 g/mol. The summed E-state index contributed by atoms with van der Waals surface area (Å²) in [5.74, 6) is 1.72. The van der Waals surface area contributed by atoms with Crippen LogP contribution < -0.4 is 0 Å². The van der Waals surface area contributed by atoms with Crippen molar-refractivity contribution < 1.29 is 4.79 Å². The molecule has 0 aliphatic heterocycles. The van der Waals surface area contributed by atoms with Gasteiger partial charge in [0.1, 0.15) is 11.6 Å². The Morgan fingerprint density at radius 1 is 0.857 bits per heavy atom. The van der Waals surface area contributed by atoms with Crippen molar-refractivity contribution in [1.29, 1.82) is 0 Å². The number of carbonyl (C=O) groups is 1. The number of allylic oxidation sites excluding steroid dienone is 6. The zero-order valence-corrected chi connectivity index (χ0v) is 17.2. The Morgan fingerprint density at radius 2 is 1.29 bits per heavy atom. The number of nitrogens with zero attached hydrogens (tertiary/aromatic N) is 4. The fourth-order valence-electron chi connectivity index (χ4n) is 2.69. The molecule has 0 amide bonds. The monoisotopic (exact) mass is 378 g/mol. The van der Waals surface area contributed by atoms with E-state index in [0.29, 0.717) is 12.1 Å². The molecule has 0 aliphatic carbocycles. The van der Waals surface area contributed by atoms with Gasteiger partial charge >= 0.3 is 0 Å². The van der Waals surface area contributed by atoms with Crippen molar-refractivity contribution in [2.75, 3.05) is 0 Å². The molecule has 0 saturated carbocycles. The average molecular weight is 379 g/mol. The Hall–Kier alpha value is -2.95. The molecule has 2 aromatic rings. The number of ketones is 1. The lowest BCUT2D eigenvalue weighted by atomic mass is 10.2. The second-order valence-corrected chi connectivity index (χ2v) is 6.74. The standard InChI is InChI=1S/C23H30N4O/c1-5-19(3)26-17-15-24-22(26)13-9-7-11-21(28)12-8-10-14-23-25-16-18-27(23)20(4)6-2/h7-20H,5-6H2,1-4H3/b11-7+,12-8+,13-9+,14-10+. The first-order valence-electron chi connectivity index (χ1n) is 9.85. The molecule has 28 heavy (non-hydrogen) atoms. The van der Waals surface area contributed by atoms with Gasteiger partial charge in [0.15, 0.2) is 5.78 Å². The lowest BCUT2D eigenvalue weighted by Crippen LogP contribution is -2.04. The van der Waals surface area contributed by atoms with E-state index >= 15 is 0 Å². The summed E-state index contributed by atoms with van der Waals surface area (Å²) in [5.41, 5.74) is 0. The summed E-state index contributed by atoms with van der Waals surface area (Å²) in [4.78, 5) is 20.6. The average Bonchev–Trinajstić information content (AvgIpc) is 3.36. The summed E-state index contributed by atoms with van der Waals surface area (Å²) in [6.45, 7) is 8.61. The predicted molar refractivity (Wildman–Crippen MR) is 116 cm³/mol. The zero-order valence-electron chi connectivity index (χ0n) is 17.2. The molecule has 5 heteroatoms. The van der Waals surface area contributed by atoms with E-state index in [1.54, 1.807) is 24.5 Å². The molecule has 0 bridgehead atoms. The molecule has 2 atom stereocenters. The van der Waals surface area contributed by atoms with E-state index in [-0.39, 0.29) is 5.78 Å². The predicted octanol–water partition coefficient (Wildman–Crippen LogP) is 5.43.